The number of aromatic hydroxyl groups is 1. The van der Waals surface area contributed by atoms with Gasteiger partial charge in [-0.05, 0) is 57.5 Å². The normalized spacial score (nSPS) is 15.9. The number of phenolic OH excluding ortho intramolecular Hbond substituents is 1. The van der Waals surface area contributed by atoms with Gasteiger partial charge in [-0.1, -0.05) is 0 Å². The van der Waals surface area contributed by atoms with Gasteiger partial charge in [-0.2, -0.15) is 0 Å². The van der Waals surface area contributed by atoms with Crippen molar-refractivity contribution < 1.29 is 24.3 Å². The fraction of sp³-hybridized carbons (Fsp3) is 0.455. The lowest BCUT2D eigenvalue weighted by molar-refractivity contribution is -0.914. The average Bonchev–Trinajstić information content (AvgIpc) is 3.02. The third-order valence-corrected chi connectivity index (χ3v) is 5.79. The van der Waals surface area contributed by atoms with Crippen molar-refractivity contribution in [2.24, 2.45) is 0 Å². The summed E-state index contributed by atoms with van der Waals surface area (Å²) >= 11 is 0. The summed E-state index contributed by atoms with van der Waals surface area (Å²) in [7, 11) is 0. The molecular weight excluding hydrogens is 370 g/mol. The van der Waals surface area contributed by atoms with E-state index in [-0.39, 0.29) is 23.5 Å². The quantitative estimate of drug-likeness (QED) is 0.505. The summed E-state index contributed by atoms with van der Waals surface area (Å²) in [5.41, 5.74) is 3.39. The van der Waals surface area contributed by atoms with Crippen molar-refractivity contribution in [1.82, 2.24) is 4.98 Å². The van der Waals surface area contributed by atoms with Gasteiger partial charge in [-0.3, -0.25) is 4.79 Å². The molecule has 7 nitrogen and oxygen atoms in total. The number of esters is 1. The van der Waals surface area contributed by atoms with E-state index >= 15 is 0 Å². The van der Waals surface area contributed by atoms with Gasteiger partial charge in [0.1, 0.15) is 5.75 Å². The number of quaternary nitrogens is 1. The van der Waals surface area contributed by atoms with Gasteiger partial charge in [0.05, 0.1) is 44.0 Å². The standard InChI is InChI=1S/C22H29N3O4/c1-5-29-22(28)19-14(2)20(23-15(19)3)21(27)16(4)24-10-12-25(13-11-24)17-6-8-18(26)9-7-17/h6-9,16,23,26H,5,10-13H2,1-4H3/p+1/t16-/m0/s1. The van der Waals surface area contributed by atoms with E-state index in [2.05, 4.69) is 9.88 Å². The number of H-pyrrole nitrogens is 1. The van der Waals surface area contributed by atoms with Crippen LogP contribution in [0.3, 0.4) is 0 Å². The number of nitrogens with zero attached hydrogens (tertiary/aromatic N) is 1. The van der Waals surface area contributed by atoms with Crippen molar-refractivity contribution in [2.75, 3.05) is 37.7 Å². The monoisotopic (exact) mass is 400 g/mol. The number of benzene rings is 1. The van der Waals surface area contributed by atoms with Crippen LogP contribution in [0.2, 0.25) is 0 Å². The van der Waals surface area contributed by atoms with Crippen LogP contribution in [0.5, 0.6) is 5.75 Å². The SMILES string of the molecule is CCOC(=O)c1c(C)[nH]c(C(=O)[C@H](C)[NH+]2CCN(c3ccc(O)cc3)CC2)c1C. The molecular formula is C22H30N3O4+. The highest BCUT2D eigenvalue weighted by Crippen LogP contribution is 2.21. The van der Waals surface area contributed by atoms with Crippen LogP contribution in [0, 0.1) is 13.8 Å². The second-order valence-electron chi connectivity index (χ2n) is 7.59. The lowest BCUT2D eigenvalue weighted by Crippen LogP contribution is -3.18. The predicted octanol–water partition coefficient (Wildman–Crippen LogP) is 1.49. The van der Waals surface area contributed by atoms with Gasteiger partial charge >= 0.3 is 5.97 Å². The molecule has 0 amide bonds. The van der Waals surface area contributed by atoms with Crippen LogP contribution in [0.15, 0.2) is 24.3 Å². The minimum atomic E-state index is -0.389. The summed E-state index contributed by atoms with van der Waals surface area (Å²) < 4.78 is 5.12. The maximum Gasteiger partial charge on any atom is 0.340 e. The molecule has 2 heterocycles. The molecule has 29 heavy (non-hydrogen) atoms. The molecule has 0 bridgehead atoms. The number of aromatic nitrogens is 1. The Kier molecular flexibility index (Phi) is 6.27. The zero-order valence-corrected chi connectivity index (χ0v) is 17.5. The molecule has 2 aromatic rings. The number of carbonyl (C=O) groups excluding carboxylic acids is 2. The smallest absolute Gasteiger partial charge is 0.340 e. The molecule has 1 fully saturated rings. The molecule has 0 spiro atoms. The Morgan fingerprint density at radius 3 is 2.41 bits per heavy atom. The molecule has 3 N–H and O–H groups in total. The Bertz CT molecular complexity index is 880. The zero-order valence-electron chi connectivity index (χ0n) is 17.5. The number of phenols is 1. The third-order valence-electron chi connectivity index (χ3n) is 5.79. The highest BCUT2D eigenvalue weighted by molar-refractivity contribution is 6.03. The number of aromatic amines is 1. The van der Waals surface area contributed by atoms with E-state index in [1.165, 1.54) is 4.90 Å². The topological polar surface area (TPSA) is 87.1 Å². The van der Waals surface area contributed by atoms with Crippen molar-refractivity contribution in [1.29, 1.82) is 0 Å². The lowest BCUT2D eigenvalue weighted by atomic mass is 10.0. The van der Waals surface area contributed by atoms with E-state index in [9.17, 15) is 14.7 Å². The summed E-state index contributed by atoms with van der Waals surface area (Å²) in [5.74, 6) is -0.106. The first-order valence-corrected chi connectivity index (χ1v) is 10.1. The first kappa shape index (κ1) is 20.9. The molecule has 1 aliphatic heterocycles. The second kappa shape index (κ2) is 8.69. The molecule has 1 aromatic carbocycles. The summed E-state index contributed by atoms with van der Waals surface area (Å²) in [4.78, 5) is 32.0. The highest BCUT2D eigenvalue weighted by atomic mass is 16.5. The molecule has 156 valence electrons. The molecule has 1 atom stereocenters. The van der Waals surface area contributed by atoms with Gasteiger partial charge in [-0.25, -0.2) is 4.79 Å². The Morgan fingerprint density at radius 1 is 1.21 bits per heavy atom. The molecule has 3 rings (SSSR count). The number of rotatable bonds is 6. The number of nitrogens with one attached hydrogen (secondary N) is 2. The fourth-order valence-corrected chi connectivity index (χ4v) is 4.06. The molecule has 1 aromatic heterocycles. The molecule has 1 saturated heterocycles. The van der Waals surface area contributed by atoms with Crippen LogP contribution in [0.1, 0.15) is 46.0 Å². The Morgan fingerprint density at radius 2 is 1.83 bits per heavy atom. The van der Waals surface area contributed by atoms with Crippen molar-refractivity contribution in [3.63, 3.8) is 0 Å². The van der Waals surface area contributed by atoms with E-state index in [4.69, 9.17) is 4.74 Å². The number of Topliss-reactive ketones (excluding diaryl/α,β-unsaturated/α-hetero) is 1. The summed E-state index contributed by atoms with van der Waals surface area (Å²) in [6.45, 7) is 11.0. The Labute approximate surface area is 171 Å². The summed E-state index contributed by atoms with van der Waals surface area (Å²) in [6.07, 6.45) is 0. The number of aryl methyl sites for hydroxylation is 1. The van der Waals surface area contributed by atoms with Gasteiger partial charge in [-0.15, -0.1) is 0 Å². The maximum atomic E-state index is 13.2. The van der Waals surface area contributed by atoms with Crippen LogP contribution in [-0.4, -0.2) is 60.7 Å². The Balaban J connectivity index is 1.68. The largest absolute Gasteiger partial charge is 0.508 e. The van der Waals surface area contributed by atoms with E-state index in [0.29, 0.717) is 29.1 Å². The van der Waals surface area contributed by atoms with E-state index in [1.807, 2.05) is 19.1 Å². The van der Waals surface area contributed by atoms with E-state index in [0.717, 1.165) is 31.9 Å². The summed E-state index contributed by atoms with van der Waals surface area (Å²) in [6, 6.07) is 7.01. The van der Waals surface area contributed by atoms with Gasteiger partial charge in [0.2, 0.25) is 5.78 Å². The van der Waals surface area contributed by atoms with E-state index in [1.54, 1.807) is 32.9 Å². The number of hydrogen-bond acceptors (Lipinski definition) is 5. The fourth-order valence-electron chi connectivity index (χ4n) is 4.06. The molecule has 0 unspecified atom stereocenters. The first-order chi connectivity index (χ1) is 13.8. The molecule has 7 heteroatoms. The van der Waals surface area contributed by atoms with Crippen LogP contribution in [-0.2, 0) is 4.74 Å². The van der Waals surface area contributed by atoms with E-state index < -0.39 is 0 Å². The summed E-state index contributed by atoms with van der Waals surface area (Å²) in [5, 5.41) is 9.45. The van der Waals surface area contributed by atoms with Crippen molar-refractivity contribution in [3.8, 4) is 5.75 Å². The zero-order chi connectivity index (χ0) is 21.1. The number of hydrogen-bond donors (Lipinski definition) is 3. The number of carbonyl (C=O) groups is 2. The number of ether oxygens (including phenoxy) is 1. The number of piperazine rings is 1. The van der Waals surface area contributed by atoms with Crippen LogP contribution < -0.4 is 9.80 Å². The molecule has 0 saturated carbocycles. The van der Waals surface area contributed by atoms with Crippen molar-refractivity contribution >= 4 is 17.4 Å². The van der Waals surface area contributed by atoms with Crippen molar-refractivity contribution in [3.05, 3.63) is 46.8 Å². The van der Waals surface area contributed by atoms with Crippen LogP contribution in [0.25, 0.3) is 0 Å². The van der Waals surface area contributed by atoms with Crippen LogP contribution in [0.4, 0.5) is 5.69 Å². The molecule has 0 radical (unpaired) electrons. The minimum absolute atomic E-state index is 0.0224. The molecule has 0 aliphatic carbocycles. The lowest BCUT2D eigenvalue weighted by Gasteiger charge is -2.36. The van der Waals surface area contributed by atoms with Gasteiger partial charge in [0.15, 0.2) is 6.04 Å². The number of anilines is 1. The molecule has 1 aliphatic rings. The highest BCUT2D eigenvalue weighted by Gasteiger charge is 2.33. The predicted molar refractivity (Wildman–Crippen MR) is 111 cm³/mol. The first-order valence-electron chi connectivity index (χ1n) is 10.1. The third kappa shape index (κ3) is 4.29. The van der Waals surface area contributed by atoms with Gasteiger partial charge in [0, 0.05) is 11.4 Å². The number of ketones is 1. The van der Waals surface area contributed by atoms with Gasteiger partial charge in [0.25, 0.3) is 0 Å². The Hall–Kier alpha value is -2.80. The van der Waals surface area contributed by atoms with Crippen LogP contribution >= 0.6 is 0 Å². The average molecular weight is 400 g/mol. The maximum absolute atomic E-state index is 13.2. The van der Waals surface area contributed by atoms with Gasteiger partial charge < -0.3 is 24.6 Å². The second-order valence-corrected chi connectivity index (χ2v) is 7.59. The minimum Gasteiger partial charge on any atom is -0.508 e. The van der Waals surface area contributed by atoms with Crippen molar-refractivity contribution in [2.45, 2.75) is 33.7 Å².